The summed E-state index contributed by atoms with van der Waals surface area (Å²) in [5.74, 6) is -0.172. The SMILES string of the molecule is CC(C)(C)Sc1c(CC(C)(C)C(=O)O)n(Cc2ccccc2)c2ncc(OCc3ccc4ccccc4n3)cc12. The predicted molar refractivity (Wildman–Crippen MR) is 162 cm³/mol. The Morgan fingerprint density at radius 3 is 2.42 bits per heavy atom. The van der Waals surface area contributed by atoms with Crippen molar-refractivity contribution < 1.29 is 14.6 Å². The Labute approximate surface area is 239 Å². The summed E-state index contributed by atoms with van der Waals surface area (Å²) in [6, 6.07) is 24.3. The van der Waals surface area contributed by atoms with Crippen LogP contribution in [0.3, 0.4) is 0 Å². The molecule has 5 rings (SSSR count). The number of carbonyl (C=O) groups is 1. The molecule has 206 valence electrons. The first kappa shape index (κ1) is 27.7. The van der Waals surface area contributed by atoms with Gasteiger partial charge in [0.1, 0.15) is 18.0 Å². The van der Waals surface area contributed by atoms with Gasteiger partial charge in [-0.15, -0.1) is 11.8 Å². The Bertz CT molecular complexity index is 1670. The molecule has 0 saturated heterocycles. The topological polar surface area (TPSA) is 77.2 Å². The number of hydrogen-bond acceptors (Lipinski definition) is 5. The van der Waals surface area contributed by atoms with Gasteiger partial charge in [-0.3, -0.25) is 4.79 Å². The van der Waals surface area contributed by atoms with Crippen LogP contribution in [0.15, 0.2) is 83.9 Å². The summed E-state index contributed by atoms with van der Waals surface area (Å²) in [5.41, 5.74) is 3.76. The number of fused-ring (bicyclic) bond motifs is 2. The highest BCUT2D eigenvalue weighted by Gasteiger charge is 2.33. The Morgan fingerprint density at radius 2 is 1.70 bits per heavy atom. The molecule has 0 bridgehead atoms. The van der Waals surface area contributed by atoms with E-state index in [1.54, 1.807) is 31.8 Å². The Hall–Kier alpha value is -3.84. The number of rotatable bonds is 9. The minimum Gasteiger partial charge on any atom is -0.486 e. The van der Waals surface area contributed by atoms with Crippen LogP contribution in [0.25, 0.3) is 21.9 Å². The molecular formula is C33H35N3O3S. The fourth-order valence-electron chi connectivity index (χ4n) is 4.68. The number of aromatic nitrogens is 3. The molecule has 0 saturated carbocycles. The first-order valence-corrected chi connectivity index (χ1v) is 14.3. The number of carboxylic acids is 1. The van der Waals surface area contributed by atoms with Crippen molar-refractivity contribution >= 4 is 39.7 Å². The average Bonchev–Trinajstić information content (AvgIpc) is 3.17. The summed E-state index contributed by atoms with van der Waals surface area (Å²) < 4.78 is 8.28. The predicted octanol–water partition coefficient (Wildman–Crippen LogP) is 7.76. The maximum Gasteiger partial charge on any atom is 0.309 e. The lowest BCUT2D eigenvalue weighted by Gasteiger charge is -2.24. The molecule has 0 aliphatic carbocycles. The molecule has 0 amide bonds. The number of ether oxygens (including phenoxy) is 1. The number of pyridine rings is 2. The van der Waals surface area contributed by atoms with Crippen molar-refractivity contribution in [1.29, 1.82) is 0 Å². The van der Waals surface area contributed by atoms with Gasteiger partial charge in [0, 0.05) is 39.1 Å². The molecule has 40 heavy (non-hydrogen) atoms. The first-order chi connectivity index (χ1) is 19.0. The molecule has 7 heteroatoms. The third-order valence-corrected chi connectivity index (χ3v) is 8.02. The molecule has 3 heterocycles. The minimum absolute atomic E-state index is 0.0974. The van der Waals surface area contributed by atoms with Gasteiger partial charge in [0.25, 0.3) is 0 Å². The van der Waals surface area contributed by atoms with E-state index < -0.39 is 11.4 Å². The highest BCUT2D eigenvalue weighted by Crippen LogP contribution is 2.43. The van der Waals surface area contributed by atoms with E-state index in [0.29, 0.717) is 25.3 Å². The van der Waals surface area contributed by atoms with Crippen molar-refractivity contribution in [3.63, 3.8) is 0 Å². The standard InChI is InChI=1S/C33H35N3O3S/c1-32(2,3)40-29-26-17-25(39-21-24-16-15-23-13-9-10-14-27(23)35-24)19-34-30(26)36(20-22-11-7-6-8-12-22)28(29)18-33(4,5)31(37)38/h6-17,19H,18,20-21H2,1-5H3,(H,37,38). The number of benzene rings is 2. The maximum atomic E-state index is 12.2. The van der Waals surface area contributed by atoms with Crippen molar-refractivity contribution in [1.82, 2.24) is 14.5 Å². The van der Waals surface area contributed by atoms with Gasteiger partial charge < -0.3 is 14.4 Å². The number of carboxylic acid groups (broad SMARTS) is 1. The van der Waals surface area contributed by atoms with Gasteiger partial charge in [-0.25, -0.2) is 9.97 Å². The molecule has 5 aromatic rings. The van der Waals surface area contributed by atoms with Crippen molar-refractivity contribution in [3.8, 4) is 5.75 Å². The summed E-state index contributed by atoms with van der Waals surface area (Å²) in [6.07, 6.45) is 2.13. The highest BCUT2D eigenvalue weighted by atomic mass is 32.2. The zero-order valence-electron chi connectivity index (χ0n) is 23.6. The fourth-order valence-corrected chi connectivity index (χ4v) is 5.85. The first-order valence-electron chi connectivity index (χ1n) is 13.5. The van der Waals surface area contributed by atoms with Crippen LogP contribution in [0.4, 0.5) is 0 Å². The summed E-state index contributed by atoms with van der Waals surface area (Å²) >= 11 is 1.74. The molecule has 6 nitrogen and oxygen atoms in total. The van der Waals surface area contributed by atoms with Gasteiger partial charge in [-0.2, -0.15) is 0 Å². The highest BCUT2D eigenvalue weighted by molar-refractivity contribution is 8.00. The zero-order chi connectivity index (χ0) is 28.5. The van der Waals surface area contributed by atoms with E-state index in [-0.39, 0.29) is 4.75 Å². The van der Waals surface area contributed by atoms with E-state index in [1.165, 1.54) is 0 Å². The molecule has 0 unspecified atom stereocenters. The summed E-state index contributed by atoms with van der Waals surface area (Å²) in [5, 5.41) is 12.1. The molecule has 2 aromatic carbocycles. The van der Waals surface area contributed by atoms with Crippen LogP contribution in [-0.2, 0) is 24.4 Å². The smallest absolute Gasteiger partial charge is 0.309 e. The van der Waals surface area contributed by atoms with Crippen LogP contribution in [-0.4, -0.2) is 30.4 Å². The van der Waals surface area contributed by atoms with E-state index in [9.17, 15) is 9.90 Å². The molecule has 1 N–H and O–H groups in total. The van der Waals surface area contributed by atoms with Gasteiger partial charge in [0.15, 0.2) is 0 Å². The maximum absolute atomic E-state index is 12.2. The van der Waals surface area contributed by atoms with Gasteiger partial charge in [0.2, 0.25) is 0 Å². The van der Waals surface area contributed by atoms with Gasteiger partial charge in [-0.05, 0) is 37.6 Å². The lowest BCUT2D eigenvalue weighted by molar-refractivity contribution is -0.146. The van der Waals surface area contributed by atoms with E-state index in [0.717, 1.165) is 43.8 Å². The molecule has 0 aliphatic rings. The van der Waals surface area contributed by atoms with Crippen LogP contribution in [0.2, 0.25) is 0 Å². The molecular weight excluding hydrogens is 518 g/mol. The second-order valence-electron chi connectivity index (χ2n) is 11.8. The molecule has 0 fully saturated rings. The number of aliphatic carboxylic acids is 1. The van der Waals surface area contributed by atoms with Crippen molar-refractivity contribution in [3.05, 3.63) is 95.9 Å². The number of nitrogens with zero attached hydrogens (tertiary/aromatic N) is 3. The van der Waals surface area contributed by atoms with Gasteiger partial charge >= 0.3 is 5.97 Å². The van der Waals surface area contributed by atoms with Crippen LogP contribution < -0.4 is 4.74 Å². The second kappa shape index (κ2) is 11.0. The van der Waals surface area contributed by atoms with Crippen molar-refractivity contribution in [2.24, 2.45) is 5.41 Å². The van der Waals surface area contributed by atoms with Crippen LogP contribution >= 0.6 is 11.8 Å². The number of thioether (sulfide) groups is 1. The zero-order valence-corrected chi connectivity index (χ0v) is 24.5. The third-order valence-electron chi connectivity index (χ3n) is 6.75. The van der Waals surface area contributed by atoms with Gasteiger partial charge in [-0.1, -0.05) is 75.4 Å². The van der Waals surface area contributed by atoms with Gasteiger partial charge in [0.05, 0.1) is 22.8 Å². The Kier molecular flexibility index (Phi) is 7.60. The van der Waals surface area contributed by atoms with Crippen molar-refractivity contribution in [2.75, 3.05) is 0 Å². The van der Waals surface area contributed by atoms with E-state index in [1.807, 2.05) is 54.6 Å². The van der Waals surface area contributed by atoms with Crippen LogP contribution in [0.1, 0.15) is 51.6 Å². The lowest BCUT2D eigenvalue weighted by atomic mass is 9.88. The summed E-state index contributed by atoms with van der Waals surface area (Å²) in [6.45, 7) is 11.0. The molecule has 0 aliphatic heterocycles. The molecule has 0 radical (unpaired) electrons. The summed E-state index contributed by atoms with van der Waals surface area (Å²) in [4.78, 5) is 22.9. The Balaban J connectivity index is 1.58. The normalized spacial score (nSPS) is 12.2. The quantitative estimate of drug-likeness (QED) is 0.188. The van der Waals surface area contributed by atoms with E-state index in [4.69, 9.17) is 14.7 Å². The molecule has 3 aromatic heterocycles. The van der Waals surface area contributed by atoms with Crippen LogP contribution in [0.5, 0.6) is 5.75 Å². The van der Waals surface area contributed by atoms with E-state index >= 15 is 0 Å². The molecule has 0 atom stereocenters. The minimum atomic E-state index is -0.947. The number of hydrogen-bond donors (Lipinski definition) is 1. The fraction of sp³-hybridized carbons (Fsp3) is 0.303. The average molecular weight is 554 g/mol. The Morgan fingerprint density at radius 1 is 0.975 bits per heavy atom. The monoisotopic (exact) mass is 553 g/mol. The largest absolute Gasteiger partial charge is 0.486 e. The van der Waals surface area contributed by atoms with E-state index in [2.05, 4.69) is 43.5 Å². The van der Waals surface area contributed by atoms with Crippen molar-refractivity contribution in [2.45, 2.75) is 63.8 Å². The van der Waals surface area contributed by atoms with Crippen LogP contribution in [0, 0.1) is 5.41 Å². The third kappa shape index (κ3) is 6.15. The molecule has 0 spiro atoms. The number of para-hydroxylation sites is 1. The lowest BCUT2D eigenvalue weighted by Crippen LogP contribution is -2.28. The second-order valence-corrected chi connectivity index (χ2v) is 13.6. The summed E-state index contributed by atoms with van der Waals surface area (Å²) in [7, 11) is 0.